The van der Waals surface area contributed by atoms with Crippen LogP contribution in [0.2, 0.25) is 0 Å². The fourth-order valence-corrected chi connectivity index (χ4v) is 1.89. The van der Waals surface area contributed by atoms with E-state index in [0.717, 1.165) is 12.1 Å². The molecule has 112 valence electrons. The number of halogens is 2. The summed E-state index contributed by atoms with van der Waals surface area (Å²) in [6, 6.07) is 3.05. The average molecular weight is 285 g/mol. The number of nitrogens with zero attached hydrogens (tertiary/aromatic N) is 2. The van der Waals surface area contributed by atoms with E-state index in [1.54, 1.807) is 0 Å². The number of hydrogen-bond acceptors (Lipinski definition) is 2. The van der Waals surface area contributed by atoms with Crippen molar-refractivity contribution in [2.75, 3.05) is 19.6 Å². The van der Waals surface area contributed by atoms with E-state index >= 15 is 0 Å². The number of aliphatic imine (C=N–C) groups is 1. The summed E-state index contributed by atoms with van der Waals surface area (Å²) < 4.78 is 26.5. The Morgan fingerprint density at radius 1 is 1.35 bits per heavy atom. The summed E-state index contributed by atoms with van der Waals surface area (Å²) in [5, 5.41) is 10.3. The maximum Gasteiger partial charge on any atom is 0.191 e. The third-order valence-electron chi connectivity index (χ3n) is 3.15. The standard InChI is InChI=1S/C14H21F2N3O/c1-4-19(5-2)13(17)18-9-14(3,20)11-7-6-10(15)8-12(11)16/h6-8,20H,4-5,9H2,1-3H3,(H2,17,18). The molecule has 0 aromatic heterocycles. The molecule has 0 aliphatic rings. The predicted molar refractivity (Wildman–Crippen MR) is 75.3 cm³/mol. The van der Waals surface area contributed by atoms with Gasteiger partial charge >= 0.3 is 0 Å². The summed E-state index contributed by atoms with van der Waals surface area (Å²) >= 11 is 0. The fraction of sp³-hybridized carbons (Fsp3) is 0.500. The van der Waals surface area contributed by atoms with Gasteiger partial charge in [0.25, 0.3) is 0 Å². The van der Waals surface area contributed by atoms with Crippen molar-refractivity contribution >= 4 is 5.96 Å². The smallest absolute Gasteiger partial charge is 0.191 e. The first-order valence-electron chi connectivity index (χ1n) is 6.54. The number of aliphatic hydroxyl groups is 1. The van der Waals surface area contributed by atoms with E-state index in [1.165, 1.54) is 13.0 Å². The first kappa shape index (κ1) is 16.4. The van der Waals surface area contributed by atoms with Crippen molar-refractivity contribution in [3.8, 4) is 0 Å². The third-order valence-corrected chi connectivity index (χ3v) is 3.15. The minimum Gasteiger partial charge on any atom is -0.383 e. The van der Waals surface area contributed by atoms with Crippen LogP contribution in [-0.2, 0) is 5.60 Å². The number of hydrogen-bond donors (Lipinski definition) is 2. The molecular weight excluding hydrogens is 264 g/mol. The van der Waals surface area contributed by atoms with Gasteiger partial charge in [-0.2, -0.15) is 0 Å². The molecule has 0 aliphatic carbocycles. The highest BCUT2D eigenvalue weighted by Gasteiger charge is 2.27. The lowest BCUT2D eigenvalue weighted by Gasteiger charge is -2.24. The molecule has 4 nitrogen and oxygen atoms in total. The maximum atomic E-state index is 13.7. The highest BCUT2D eigenvalue weighted by atomic mass is 19.1. The summed E-state index contributed by atoms with van der Waals surface area (Å²) in [5.74, 6) is -1.20. The van der Waals surface area contributed by atoms with Crippen LogP contribution in [0.1, 0.15) is 26.3 Å². The van der Waals surface area contributed by atoms with Crippen LogP contribution in [0.25, 0.3) is 0 Å². The van der Waals surface area contributed by atoms with Crippen molar-refractivity contribution in [1.82, 2.24) is 4.90 Å². The molecule has 0 radical (unpaired) electrons. The van der Waals surface area contributed by atoms with Crippen LogP contribution in [-0.4, -0.2) is 35.6 Å². The van der Waals surface area contributed by atoms with E-state index in [0.29, 0.717) is 13.1 Å². The summed E-state index contributed by atoms with van der Waals surface area (Å²) in [4.78, 5) is 5.90. The van der Waals surface area contributed by atoms with Crippen LogP contribution in [0.15, 0.2) is 23.2 Å². The van der Waals surface area contributed by atoms with Gasteiger partial charge in [-0.3, -0.25) is 0 Å². The van der Waals surface area contributed by atoms with Crippen molar-refractivity contribution in [2.24, 2.45) is 10.7 Å². The molecule has 1 atom stereocenters. The number of benzene rings is 1. The molecule has 1 unspecified atom stereocenters. The molecule has 0 saturated carbocycles. The van der Waals surface area contributed by atoms with Crippen molar-refractivity contribution in [3.63, 3.8) is 0 Å². The van der Waals surface area contributed by atoms with Gasteiger partial charge in [-0.05, 0) is 26.8 Å². The second-order valence-electron chi connectivity index (χ2n) is 4.74. The first-order valence-corrected chi connectivity index (χ1v) is 6.54. The topological polar surface area (TPSA) is 61.8 Å². The fourth-order valence-electron chi connectivity index (χ4n) is 1.89. The van der Waals surface area contributed by atoms with Crippen LogP contribution in [0.3, 0.4) is 0 Å². The summed E-state index contributed by atoms with van der Waals surface area (Å²) in [6.07, 6.45) is 0. The second-order valence-corrected chi connectivity index (χ2v) is 4.74. The SMILES string of the molecule is CCN(CC)C(N)=NCC(C)(O)c1ccc(F)cc1F. The summed E-state index contributed by atoms with van der Waals surface area (Å²) in [6.45, 7) is 6.57. The Bertz CT molecular complexity index is 485. The summed E-state index contributed by atoms with van der Waals surface area (Å²) in [5.41, 5.74) is 4.25. The van der Waals surface area contributed by atoms with Gasteiger partial charge in [-0.15, -0.1) is 0 Å². The zero-order valence-corrected chi connectivity index (χ0v) is 12.0. The molecule has 0 aliphatic heterocycles. The Hall–Kier alpha value is -1.69. The molecule has 0 bridgehead atoms. The Labute approximate surface area is 117 Å². The van der Waals surface area contributed by atoms with Gasteiger partial charge in [0.15, 0.2) is 5.96 Å². The molecule has 0 saturated heterocycles. The number of guanidine groups is 1. The van der Waals surface area contributed by atoms with Crippen molar-refractivity contribution in [2.45, 2.75) is 26.4 Å². The number of nitrogens with two attached hydrogens (primary N) is 1. The average Bonchev–Trinajstić information content (AvgIpc) is 2.37. The second kappa shape index (κ2) is 6.65. The van der Waals surface area contributed by atoms with E-state index in [2.05, 4.69) is 4.99 Å². The largest absolute Gasteiger partial charge is 0.383 e. The van der Waals surface area contributed by atoms with Gasteiger partial charge in [0.1, 0.15) is 17.2 Å². The molecule has 1 aromatic rings. The van der Waals surface area contributed by atoms with E-state index in [1.807, 2.05) is 18.7 Å². The van der Waals surface area contributed by atoms with Crippen LogP contribution >= 0.6 is 0 Å². The minimum absolute atomic E-state index is 0.00463. The molecule has 1 rings (SSSR count). The maximum absolute atomic E-state index is 13.7. The zero-order chi connectivity index (χ0) is 15.3. The Morgan fingerprint density at radius 3 is 2.45 bits per heavy atom. The monoisotopic (exact) mass is 285 g/mol. The van der Waals surface area contributed by atoms with Crippen molar-refractivity contribution in [3.05, 3.63) is 35.4 Å². The molecule has 20 heavy (non-hydrogen) atoms. The molecule has 3 N–H and O–H groups in total. The lowest BCUT2D eigenvalue weighted by Crippen LogP contribution is -2.38. The first-order chi connectivity index (χ1) is 9.31. The van der Waals surface area contributed by atoms with Crippen molar-refractivity contribution < 1.29 is 13.9 Å². The van der Waals surface area contributed by atoms with Gasteiger partial charge in [-0.1, -0.05) is 6.07 Å². The van der Waals surface area contributed by atoms with Gasteiger partial charge < -0.3 is 15.7 Å². The van der Waals surface area contributed by atoms with E-state index in [4.69, 9.17) is 5.73 Å². The molecule has 0 amide bonds. The molecular formula is C14H21F2N3O. The molecule has 0 fully saturated rings. The minimum atomic E-state index is -1.55. The van der Waals surface area contributed by atoms with E-state index in [9.17, 15) is 13.9 Å². The highest BCUT2D eigenvalue weighted by Crippen LogP contribution is 2.24. The Morgan fingerprint density at radius 2 is 1.95 bits per heavy atom. The van der Waals surface area contributed by atoms with Gasteiger partial charge in [0, 0.05) is 24.7 Å². The van der Waals surface area contributed by atoms with Gasteiger partial charge in [0.05, 0.1) is 6.54 Å². The lowest BCUT2D eigenvalue weighted by atomic mass is 9.95. The number of rotatable bonds is 5. The summed E-state index contributed by atoms with van der Waals surface area (Å²) in [7, 11) is 0. The van der Waals surface area contributed by atoms with Crippen molar-refractivity contribution in [1.29, 1.82) is 0 Å². The normalized spacial score (nSPS) is 15.0. The molecule has 1 aromatic carbocycles. The molecule has 0 spiro atoms. The van der Waals surface area contributed by atoms with E-state index in [-0.39, 0.29) is 18.1 Å². The Balaban J connectivity index is 2.92. The van der Waals surface area contributed by atoms with Crippen LogP contribution in [0.4, 0.5) is 8.78 Å². The third kappa shape index (κ3) is 3.90. The van der Waals surface area contributed by atoms with Gasteiger partial charge in [-0.25, -0.2) is 13.8 Å². The zero-order valence-electron chi connectivity index (χ0n) is 12.0. The van der Waals surface area contributed by atoms with E-state index < -0.39 is 17.2 Å². The highest BCUT2D eigenvalue weighted by molar-refractivity contribution is 5.78. The quantitative estimate of drug-likeness (QED) is 0.641. The lowest BCUT2D eigenvalue weighted by molar-refractivity contribution is 0.0630. The Kier molecular flexibility index (Phi) is 5.44. The van der Waals surface area contributed by atoms with Crippen LogP contribution < -0.4 is 5.73 Å². The van der Waals surface area contributed by atoms with Gasteiger partial charge in [0.2, 0.25) is 0 Å². The predicted octanol–water partition coefficient (Wildman–Crippen LogP) is 1.83. The van der Waals surface area contributed by atoms with Crippen LogP contribution in [0, 0.1) is 11.6 Å². The molecule has 0 heterocycles. The molecule has 6 heteroatoms. The van der Waals surface area contributed by atoms with Crippen LogP contribution in [0.5, 0.6) is 0 Å².